The molecule has 0 saturated carbocycles. The fourth-order valence-corrected chi connectivity index (χ4v) is 1.34. The number of carbonyl (C=O) groups is 1. The Morgan fingerprint density at radius 1 is 1.38 bits per heavy atom. The Balaban J connectivity index is 2.25. The van der Waals surface area contributed by atoms with Gasteiger partial charge in [-0.2, -0.15) is 4.53 Å². The topological polar surface area (TPSA) is 54.3 Å². The van der Waals surface area contributed by atoms with Crippen molar-refractivity contribution in [1.82, 2.24) is 0 Å². The van der Waals surface area contributed by atoms with Crippen LogP contribution in [0.15, 0.2) is 40.6 Å². The molecule has 16 heavy (non-hydrogen) atoms. The molecule has 0 aliphatic carbocycles. The summed E-state index contributed by atoms with van der Waals surface area (Å²) in [5, 5.41) is 7.41. The van der Waals surface area contributed by atoms with Crippen molar-refractivity contribution < 1.29 is 9.63 Å². The average molecular weight is 238 g/mol. The van der Waals surface area contributed by atoms with E-state index in [-0.39, 0.29) is 5.71 Å². The first-order valence-corrected chi connectivity index (χ1v) is 4.88. The maximum atomic E-state index is 11.2. The van der Waals surface area contributed by atoms with E-state index in [2.05, 4.69) is 15.1 Å². The predicted molar refractivity (Wildman–Crippen MR) is 61.4 cm³/mol. The summed E-state index contributed by atoms with van der Waals surface area (Å²) in [4.78, 5) is 15.6. The molecule has 5 nitrogen and oxygen atoms in total. The van der Waals surface area contributed by atoms with Crippen molar-refractivity contribution in [2.75, 3.05) is 4.53 Å². The van der Waals surface area contributed by atoms with Gasteiger partial charge in [-0.05, 0) is 19.1 Å². The van der Waals surface area contributed by atoms with Gasteiger partial charge in [-0.3, -0.25) is 0 Å². The summed E-state index contributed by atoms with van der Waals surface area (Å²) < 4.78 is 1.08. The molecule has 6 heteroatoms. The number of hydrazone groups is 1. The van der Waals surface area contributed by atoms with Gasteiger partial charge < -0.3 is 4.84 Å². The SMILES string of the molecule is CC1=NOC(=O)C1=NN(Cl)c1ccccc1. The Hall–Kier alpha value is -1.88. The highest BCUT2D eigenvalue weighted by Gasteiger charge is 2.25. The van der Waals surface area contributed by atoms with E-state index < -0.39 is 5.97 Å². The monoisotopic (exact) mass is 237 g/mol. The maximum Gasteiger partial charge on any atom is 0.387 e. The van der Waals surface area contributed by atoms with Crippen molar-refractivity contribution in [2.45, 2.75) is 6.92 Å². The third kappa shape index (κ3) is 2.04. The normalized spacial score (nSPS) is 17.2. The van der Waals surface area contributed by atoms with E-state index in [1.165, 1.54) is 0 Å². The number of anilines is 1. The quantitative estimate of drug-likeness (QED) is 0.449. The number of benzene rings is 1. The average Bonchev–Trinajstić information content (AvgIpc) is 2.62. The maximum absolute atomic E-state index is 11.2. The van der Waals surface area contributed by atoms with Crippen LogP contribution in [0.4, 0.5) is 5.69 Å². The first-order chi connectivity index (χ1) is 7.68. The van der Waals surface area contributed by atoms with Gasteiger partial charge >= 0.3 is 5.97 Å². The van der Waals surface area contributed by atoms with Crippen molar-refractivity contribution in [2.24, 2.45) is 10.3 Å². The van der Waals surface area contributed by atoms with Gasteiger partial charge in [0.25, 0.3) is 0 Å². The van der Waals surface area contributed by atoms with Gasteiger partial charge in [0.15, 0.2) is 5.71 Å². The molecule has 1 aliphatic heterocycles. The molecule has 2 rings (SSSR count). The Bertz CT molecular complexity index is 470. The van der Waals surface area contributed by atoms with E-state index in [0.717, 1.165) is 4.53 Å². The van der Waals surface area contributed by atoms with Crippen LogP contribution in [0.25, 0.3) is 0 Å². The van der Waals surface area contributed by atoms with E-state index in [0.29, 0.717) is 11.4 Å². The summed E-state index contributed by atoms with van der Waals surface area (Å²) in [5.41, 5.74) is 1.18. The molecule has 1 aromatic carbocycles. The van der Waals surface area contributed by atoms with Crippen molar-refractivity contribution in [3.63, 3.8) is 0 Å². The molecule has 0 atom stereocenters. The largest absolute Gasteiger partial charge is 0.387 e. The van der Waals surface area contributed by atoms with Crippen molar-refractivity contribution in [3.8, 4) is 0 Å². The summed E-state index contributed by atoms with van der Waals surface area (Å²) in [7, 11) is 0. The molecule has 1 heterocycles. The molecule has 82 valence electrons. The van der Waals surface area contributed by atoms with Crippen LogP contribution >= 0.6 is 11.8 Å². The summed E-state index contributed by atoms with van der Waals surface area (Å²) in [6, 6.07) is 9.03. The number of oxime groups is 1. The third-order valence-electron chi connectivity index (χ3n) is 1.96. The number of nitrogens with zero attached hydrogens (tertiary/aromatic N) is 3. The van der Waals surface area contributed by atoms with Crippen LogP contribution < -0.4 is 4.53 Å². The van der Waals surface area contributed by atoms with Gasteiger partial charge in [0.1, 0.15) is 5.71 Å². The van der Waals surface area contributed by atoms with Crippen LogP contribution in [-0.2, 0) is 9.63 Å². The molecule has 0 saturated heterocycles. The van der Waals surface area contributed by atoms with Gasteiger partial charge in [-0.25, -0.2) is 4.79 Å². The predicted octanol–water partition coefficient (Wildman–Crippen LogP) is 1.94. The number of para-hydroxylation sites is 1. The second-order valence-electron chi connectivity index (χ2n) is 3.10. The number of halogens is 1. The van der Waals surface area contributed by atoms with Crippen LogP contribution in [0.1, 0.15) is 6.92 Å². The highest BCUT2D eigenvalue weighted by atomic mass is 35.5. The lowest BCUT2D eigenvalue weighted by Gasteiger charge is -2.08. The highest BCUT2D eigenvalue weighted by molar-refractivity contribution is 6.67. The summed E-state index contributed by atoms with van der Waals surface area (Å²) >= 11 is 5.90. The van der Waals surface area contributed by atoms with E-state index in [1.807, 2.05) is 18.2 Å². The smallest absolute Gasteiger partial charge is 0.311 e. The van der Waals surface area contributed by atoms with Crippen molar-refractivity contribution in [3.05, 3.63) is 30.3 Å². The summed E-state index contributed by atoms with van der Waals surface area (Å²) in [6.07, 6.45) is 0. The van der Waals surface area contributed by atoms with Crippen LogP contribution in [0.3, 0.4) is 0 Å². The molecular weight excluding hydrogens is 230 g/mol. The lowest BCUT2D eigenvalue weighted by Crippen LogP contribution is -2.19. The molecule has 0 unspecified atom stereocenters. The second kappa shape index (κ2) is 4.32. The third-order valence-corrected chi connectivity index (χ3v) is 2.23. The number of rotatable bonds is 2. The minimum absolute atomic E-state index is 0.110. The summed E-state index contributed by atoms with van der Waals surface area (Å²) in [6.45, 7) is 1.62. The summed E-state index contributed by atoms with van der Waals surface area (Å²) in [5.74, 6) is -0.598. The van der Waals surface area contributed by atoms with E-state index in [9.17, 15) is 4.79 Å². The molecule has 0 N–H and O–H groups in total. The zero-order chi connectivity index (χ0) is 11.5. The molecule has 0 radical (unpaired) electrons. The fourth-order valence-electron chi connectivity index (χ4n) is 1.15. The Morgan fingerprint density at radius 3 is 2.62 bits per heavy atom. The molecule has 0 fully saturated rings. The molecule has 1 aromatic rings. The molecule has 0 bridgehead atoms. The molecule has 0 aromatic heterocycles. The highest BCUT2D eigenvalue weighted by Crippen LogP contribution is 2.16. The zero-order valence-electron chi connectivity index (χ0n) is 8.42. The zero-order valence-corrected chi connectivity index (χ0v) is 9.18. The van der Waals surface area contributed by atoms with Crippen LogP contribution in [-0.4, -0.2) is 17.4 Å². The molecule has 0 spiro atoms. The molecule has 1 aliphatic rings. The van der Waals surface area contributed by atoms with Gasteiger partial charge in [0.05, 0.1) is 5.69 Å². The Kier molecular flexibility index (Phi) is 2.87. The first-order valence-electron chi connectivity index (χ1n) is 4.54. The minimum atomic E-state index is -0.598. The van der Waals surface area contributed by atoms with E-state index in [1.54, 1.807) is 19.1 Å². The van der Waals surface area contributed by atoms with Gasteiger partial charge in [-0.1, -0.05) is 23.4 Å². The number of hydrogen-bond acceptors (Lipinski definition) is 5. The van der Waals surface area contributed by atoms with E-state index >= 15 is 0 Å². The van der Waals surface area contributed by atoms with Gasteiger partial charge in [0.2, 0.25) is 0 Å². The molecule has 0 amide bonds. The Labute approximate surface area is 97.0 Å². The Morgan fingerprint density at radius 2 is 2.06 bits per heavy atom. The lowest BCUT2D eigenvalue weighted by atomic mass is 10.3. The first kappa shape index (κ1) is 10.6. The van der Waals surface area contributed by atoms with Crippen LogP contribution in [0.5, 0.6) is 0 Å². The second-order valence-corrected chi connectivity index (χ2v) is 3.42. The van der Waals surface area contributed by atoms with Crippen molar-refractivity contribution >= 4 is 34.9 Å². The fraction of sp³-hybridized carbons (Fsp3) is 0.100. The van der Waals surface area contributed by atoms with Gasteiger partial charge in [-0.15, -0.1) is 5.10 Å². The molecular formula is C10H8ClN3O2. The number of carbonyl (C=O) groups excluding carboxylic acids is 1. The standard InChI is InChI=1S/C10H8ClN3O2/c1-7-9(10(15)16-13-7)12-14(11)8-5-3-2-4-6-8/h2-6H,1H3. The minimum Gasteiger partial charge on any atom is -0.311 e. The lowest BCUT2D eigenvalue weighted by molar-refractivity contribution is -0.134. The number of hydrogen-bond donors (Lipinski definition) is 0. The van der Waals surface area contributed by atoms with Crippen LogP contribution in [0.2, 0.25) is 0 Å². The van der Waals surface area contributed by atoms with Crippen LogP contribution in [0, 0.1) is 0 Å². The van der Waals surface area contributed by atoms with Crippen molar-refractivity contribution in [1.29, 1.82) is 0 Å². The van der Waals surface area contributed by atoms with E-state index in [4.69, 9.17) is 11.8 Å². The van der Waals surface area contributed by atoms with Gasteiger partial charge in [0, 0.05) is 11.8 Å².